The molecule has 0 saturated carbocycles. The van der Waals surface area contributed by atoms with Crippen LogP contribution >= 0.6 is 0 Å². The molecule has 2 heteroatoms. The Hall–Kier alpha value is -1.02. The molecule has 1 aromatic carbocycles. The van der Waals surface area contributed by atoms with Crippen molar-refractivity contribution in [3.05, 3.63) is 29.8 Å². The SMILES string of the molecule is CCCOCCOc1cccc(CC)c1. The van der Waals surface area contributed by atoms with E-state index in [1.165, 1.54) is 5.56 Å². The van der Waals surface area contributed by atoms with Gasteiger partial charge in [-0.05, 0) is 30.5 Å². The van der Waals surface area contributed by atoms with Gasteiger partial charge in [0.2, 0.25) is 0 Å². The van der Waals surface area contributed by atoms with E-state index in [-0.39, 0.29) is 0 Å². The number of aryl methyl sites for hydroxylation is 1. The predicted octanol–water partition coefficient (Wildman–Crippen LogP) is 3.05. The van der Waals surface area contributed by atoms with Crippen LogP contribution < -0.4 is 4.74 Å². The summed E-state index contributed by atoms with van der Waals surface area (Å²) in [6, 6.07) is 8.21. The summed E-state index contributed by atoms with van der Waals surface area (Å²) in [5, 5.41) is 0. The van der Waals surface area contributed by atoms with E-state index in [9.17, 15) is 0 Å². The Morgan fingerprint density at radius 2 is 1.93 bits per heavy atom. The van der Waals surface area contributed by atoms with Crippen LogP contribution in [0.4, 0.5) is 0 Å². The molecule has 0 aromatic heterocycles. The van der Waals surface area contributed by atoms with Gasteiger partial charge in [0.15, 0.2) is 0 Å². The molecular formula is C13H20O2. The first-order valence-electron chi connectivity index (χ1n) is 5.66. The van der Waals surface area contributed by atoms with Crippen LogP contribution in [-0.2, 0) is 11.2 Å². The van der Waals surface area contributed by atoms with Gasteiger partial charge in [-0.25, -0.2) is 0 Å². The minimum atomic E-state index is 0.632. The van der Waals surface area contributed by atoms with Gasteiger partial charge in [-0.2, -0.15) is 0 Å². The van der Waals surface area contributed by atoms with Gasteiger partial charge in [0.1, 0.15) is 12.4 Å². The summed E-state index contributed by atoms with van der Waals surface area (Å²) in [5.41, 5.74) is 1.31. The Morgan fingerprint density at radius 3 is 2.67 bits per heavy atom. The topological polar surface area (TPSA) is 18.5 Å². The lowest BCUT2D eigenvalue weighted by atomic mass is 10.2. The fourth-order valence-corrected chi connectivity index (χ4v) is 1.32. The third kappa shape index (κ3) is 4.84. The maximum Gasteiger partial charge on any atom is 0.119 e. The molecule has 0 bridgehead atoms. The molecule has 2 nitrogen and oxygen atoms in total. The van der Waals surface area contributed by atoms with Crippen LogP contribution in [0.5, 0.6) is 5.75 Å². The predicted molar refractivity (Wildman–Crippen MR) is 62.4 cm³/mol. The van der Waals surface area contributed by atoms with E-state index in [4.69, 9.17) is 9.47 Å². The largest absolute Gasteiger partial charge is 0.491 e. The molecule has 0 unspecified atom stereocenters. The normalized spacial score (nSPS) is 10.3. The lowest BCUT2D eigenvalue weighted by Gasteiger charge is -2.07. The molecule has 0 N–H and O–H groups in total. The molecule has 0 spiro atoms. The van der Waals surface area contributed by atoms with Crippen LogP contribution in [0, 0.1) is 0 Å². The average molecular weight is 208 g/mol. The van der Waals surface area contributed by atoms with Crippen molar-refractivity contribution in [3.8, 4) is 5.75 Å². The van der Waals surface area contributed by atoms with Gasteiger partial charge in [0.05, 0.1) is 6.61 Å². The standard InChI is InChI=1S/C13H20O2/c1-3-8-14-9-10-15-13-7-5-6-12(4-2)11-13/h5-7,11H,3-4,8-10H2,1-2H3. The quantitative estimate of drug-likeness (QED) is 0.641. The molecule has 0 aliphatic carbocycles. The summed E-state index contributed by atoms with van der Waals surface area (Å²) in [6.45, 7) is 6.37. The third-order valence-electron chi connectivity index (χ3n) is 2.15. The molecule has 0 aliphatic rings. The smallest absolute Gasteiger partial charge is 0.119 e. The summed E-state index contributed by atoms with van der Waals surface area (Å²) in [7, 11) is 0. The van der Waals surface area contributed by atoms with Crippen LogP contribution in [0.25, 0.3) is 0 Å². The van der Waals surface area contributed by atoms with Crippen molar-refractivity contribution >= 4 is 0 Å². The first-order chi connectivity index (χ1) is 7.36. The number of benzene rings is 1. The number of hydrogen-bond donors (Lipinski definition) is 0. The number of ether oxygens (including phenoxy) is 2. The average Bonchev–Trinajstić information content (AvgIpc) is 2.29. The summed E-state index contributed by atoms with van der Waals surface area (Å²) in [4.78, 5) is 0. The van der Waals surface area contributed by atoms with Crippen LogP contribution in [0.3, 0.4) is 0 Å². The summed E-state index contributed by atoms with van der Waals surface area (Å²) in [6.07, 6.45) is 2.11. The zero-order valence-corrected chi connectivity index (χ0v) is 9.66. The Bertz CT molecular complexity index is 271. The Labute approximate surface area is 92.2 Å². The van der Waals surface area contributed by atoms with Crippen molar-refractivity contribution in [2.24, 2.45) is 0 Å². The molecule has 0 radical (unpaired) electrons. The maximum atomic E-state index is 5.57. The minimum Gasteiger partial charge on any atom is -0.491 e. The van der Waals surface area contributed by atoms with E-state index in [0.29, 0.717) is 13.2 Å². The van der Waals surface area contributed by atoms with Crippen molar-refractivity contribution in [1.82, 2.24) is 0 Å². The van der Waals surface area contributed by atoms with Crippen molar-refractivity contribution in [3.63, 3.8) is 0 Å². The Balaban J connectivity index is 2.24. The van der Waals surface area contributed by atoms with E-state index in [1.54, 1.807) is 0 Å². The first kappa shape index (κ1) is 12.1. The zero-order valence-electron chi connectivity index (χ0n) is 9.66. The lowest BCUT2D eigenvalue weighted by Crippen LogP contribution is -2.07. The van der Waals surface area contributed by atoms with E-state index in [2.05, 4.69) is 26.0 Å². The number of hydrogen-bond acceptors (Lipinski definition) is 2. The summed E-state index contributed by atoms with van der Waals surface area (Å²) < 4.78 is 10.9. The van der Waals surface area contributed by atoms with Gasteiger partial charge in [-0.3, -0.25) is 0 Å². The molecule has 15 heavy (non-hydrogen) atoms. The molecule has 0 amide bonds. The summed E-state index contributed by atoms with van der Waals surface area (Å²) >= 11 is 0. The molecule has 0 saturated heterocycles. The van der Waals surface area contributed by atoms with Gasteiger partial charge in [-0.1, -0.05) is 26.0 Å². The highest BCUT2D eigenvalue weighted by molar-refractivity contribution is 5.28. The van der Waals surface area contributed by atoms with E-state index in [0.717, 1.165) is 25.2 Å². The van der Waals surface area contributed by atoms with Gasteiger partial charge in [0.25, 0.3) is 0 Å². The fourth-order valence-electron chi connectivity index (χ4n) is 1.32. The van der Waals surface area contributed by atoms with Gasteiger partial charge >= 0.3 is 0 Å². The lowest BCUT2D eigenvalue weighted by molar-refractivity contribution is 0.101. The molecule has 0 fully saturated rings. The second-order valence-electron chi connectivity index (χ2n) is 3.46. The van der Waals surface area contributed by atoms with E-state index < -0.39 is 0 Å². The van der Waals surface area contributed by atoms with Gasteiger partial charge in [0, 0.05) is 6.61 Å². The van der Waals surface area contributed by atoms with E-state index in [1.807, 2.05) is 12.1 Å². The second kappa shape index (κ2) is 7.30. The highest BCUT2D eigenvalue weighted by atomic mass is 16.5. The highest BCUT2D eigenvalue weighted by Gasteiger charge is 1.95. The molecule has 84 valence electrons. The van der Waals surface area contributed by atoms with Crippen molar-refractivity contribution in [2.45, 2.75) is 26.7 Å². The zero-order chi connectivity index (χ0) is 10.9. The fraction of sp³-hybridized carbons (Fsp3) is 0.538. The van der Waals surface area contributed by atoms with Gasteiger partial charge in [-0.15, -0.1) is 0 Å². The minimum absolute atomic E-state index is 0.632. The Kier molecular flexibility index (Phi) is 5.86. The molecule has 1 aromatic rings. The first-order valence-corrected chi connectivity index (χ1v) is 5.66. The van der Waals surface area contributed by atoms with Crippen LogP contribution in [0.2, 0.25) is 0 Å². The molecule has 1 rings (SSSR count). The Morgan fingerprint density at radius 1 is 1.07 bits per heavy atom. The van der Waals surface area contributed by atoms with Crippen molar-refractivity contribution < 1.29 is 9.47 Å². The third-order valence-corrected chi connectivity index (χ3v) is 2.15. The van der Waals surface area contributed by atoms with Crippen LogP contribution in [-0.4, -0.2) is 19.8 Å². The second-order valence-corrected chi connectivity index (χ2v) is 3.46. The molecule has 0 heterocycles. The highest BCUT2D eigenvalue weighted by Crippen LogP contribution is 2.13. The van der Waals surface area contributed by atoms with Gasteiger partial charge < -0.3 is 9.47 Å². The maximum absolute atomic E-state index is 5.57. The van der Waals surface area contributed by atoms with Crippen molar-refractivity contribution in [2.75, 3.05) is 19.8 Å². The molecule has 0 aliphatic heterocycles. The van der Waals surface area contributed by atoms with Crippen molar-refractivity contribution in [1.29, 1.82) is 0 Å². The number of rotatable bonds is 7. The molecular weight excluding hydrogens is 188 g/mol. The monoisotopic (exact) mass is 208 g/mol. The summed E-state index contributed by atoms with van der Waals surface area (Å²) in [5.74, 6) is 0.939. The molecule has 0 atom stereocenters. The van der Waals surface area contributed by atoms with Crippen LogP contribution in [0.1, 0.15) is 25.8 Å². The van der Waals surface area contributed by atoms with E-state index >= 15 is 0 Å². The van der Waals surface area contributed by atoms with Crippen LogP contribution in [0.15, 0.2) is 24.3 Å².